The highest BCUT2D eigenvalue weighted by Crippen LogP contribution is 2.55. The van der Waals surface area contributed by atoms with Crippen LogP contribution in [0.4, 0.5) is 0 Å². The summed E-state index contributed by atoms with van der Waals surface area (Å²) in [4.78, 5) is 52.9. The van der Waals surface area contributed by atoms with E-state index in [1.165, 1.54) is 6.92 Å². The molecule has 0 saturated heterocycles. The quantitative estimate of drug-likeness (QED) is 0.453. The van der Waals surface area contributed by atoms with Gasteiger partial charge in [0.05, 0.1) is 23.2 Å². The highest BCUT2D eigenvalue weighted by atomic mass is 16.3. The third-order valence-corrected chi connectivity index (χ3v) is 8.46. The summed E-state index contributed by atoms with van der Waals surface area (Å²) < 4.78 is 0. The van der Waals surface area contributed by atoms with Crippen LogP contribution in [0, 0.1) is 17.8 Å². The monoisotopic (exact) mass is 464 g/mol. The molecular weight excluding hydrogens is 436 g/mol. The minimum Gasteiger partial charge on any atom is -0.507 e. The van der Waals surface area contributed by atoms with Crippen molar-refractivity contribution in [2.24, 2.45) is 17.8 Å². The van der Waals surface area contributed by atoms with Gasteiger partial charge in [-0.3, -0.25) is 19.2 Å². The van der Waals surface area contributed by atoms with Gasteiger partial charge in [0.1, 0.15) is 5.75 Å². The molecule has 4 aliphatic rings. The van der Waals surface area contributed by atoms with Crippen molar-refractivity contribution in [2.45, 2.75) is 64.1 Å². The zero-order valence-electron chi connectivity index (χ0n) is 19.4. The Morgan fingerprint density at radius 3 is 2.50 bits per heavy atom. The highest BCUT2D eigenvalue weighted by molar-refractivity contribution is 6.33. The van der Waals surface area contributed by atoms with Crippen LogP contribution in [0.3, 0.4) is 0 Å². The Bertz CT molecular complexity index is 1240. The summed E-state index contributed by atoms with van der Waals surface area (Å²) in [7, 11) is 0. The lowest BCUT2D eigenvalue weighted by Crippen LogP contribution is -2.69. The fraction of sp³-hybridized carbons (Fsp3) is 0.481. The van der Waals surface area contributed by atoms with E-state index in [4.69, 9.17) is 0 Å². The van der Waals surface area contributed by atoms with Gasteiger partial charge in [-0.15, -0.1) is 0 Å². The van der Waals surface area contributed by atoms with E-state index in [2.05, 4.69) is 0 Å². The molecule has 0 heterocycles. The Labute approximate surface area is 197 Å². The van der Waals surface area contributed by atoms with Gasteiger partial charge in [0, 0.05) is 17.4 Å². The normalized spacial score (nSPS) is 35.0. The molecule has 0 spiro atoms. The van der Waals surface area contributed by atoms with Crippen molar-refractivity contribution in [3.8, 4) is 5.75 Å². The molecule has 5 rings (SSSR count). The Hall–Kier alpha value is -2.90. The summed E-state index contributed by atoms with van der Waals surface area (Å²) in [5, 5.41) is 33.9. The van der Waals surface area contributed by atoms with Crippen molar-refractivity contribution in [3.63, 3.8) is 0 Å². The molecule has 1 fully saturated rings. The van der Waals surface area contributed by atoms with Crippen LogP contribution in [0.1, 0.15) is 73.9 Å². The summed E-state index contributed by atoms with van der Waals surface area (Å²) in [5.41, 5.74) is -0.444. The molecule has 6 atom stereocenters. The fourth-order valence-electron chi connectivity index (χ4n) is 6.79. The van der Waals surface area contributed by atoms with Crippen molar-refractivity contribution in [2.75, 3.05) is 0 Å². The maximum Gasteiger partial charge on any atom is 0.205 e. The Kier molecular flexibility index (Phi) is 5.08. The van der Waals surface area contributed by atoms with E-state index in [0.29, 0.717) is 16.7 Å². The number of carbonyl (C=O) groups excluding carboxylic acids is 4. The average molecular weight is 465 g/mol. The van der Waals surface area contributed by atoms with Crippen molar-refractivity contribution >= 4 is 28.7 Å². The number of phenolic OH excluding ortho intramolecular Hbond substituents is 1. The minimum atomic E-state index is -2.66. The van der Waals surface area contributed by atoms with Crippen LogP contribution in [-0.2, 0) is 14.4 Å². The lowest BCUT2D eigenvalue weighted by Gasteiger charge is -2.52. The number of fused-ring (bicyclic) bond motifs is 3. The molecular formula is C27H28O7. The van der Waals surface area contributed by atoms with Gasteiger partial charge in [0.15, 0.2) is 23.0 Å². The average Bonchev–Trinajstić information content (AvgIpc) is 3.31. The second-order valence-corrected chi connectivity index (χ2v) is 10.2. The van der Waals surface area contributed by atoms with Crippen LogP contribution in [-0.4, -0.2) is 50.2 Å². The van der Waals surface area contributed by atoms with E-state index in [9.17, 15) is 34.5 Å². The molecule has 1 aromatic rings. The summed E-state index contributed by atoms with van der Waals surface area (Å²) in [6.07, 6.45) is 3.30. The Balaban J connectivity index is 1.67. The van der Waals surface area contributed by atoms with Gasteiger partial charge in [-0.2, -0.15) is 0 Å². The minimum absolute atomic E-state index is 0.000605. The van der Waals surface area contributed by atoms with Crippen LogP contribution in [0.2, 0.25) is 0 Å². The molecule has 0 radical (unpaired) electrons. The maximum absolute atomic E-state index is 13.7. The van der Waals surface area contributed by atoms with Crippen molar-refractivity contribution in [3.05, 3.63) is 46.0 Å². The molecule has 6 unspecified atom stereocenters. The second-order valence-electron chi connectivity index (χ2n) is 10.2. The number of Topliss-reactive ketones (excluding diaryl/α,β-unsaturated/α-hetero) is 4. The second kappa shape index (κ2) is 7.55. The van der Waals surface area contributed by atoms with Crippen LogP contribution < -0.4 is 0 Å². The van der Waals surface area contributed by atoms with Gasteiger partial charge in [0.25, 0.3) is 0 Å². The number of phenols is 1. The van der Waals surface area contributed by atoms with Gasteiger partial charge in [-0.25, -0.2) is 0 Å². The number of carbonyl (C=O) groups is 4. The highest BCUT2D eigenvalue weighted by Gasteiger charge is 2.67. The third-order valence-electron chi connectivity index (χ3n) is 8.46. The molecule has 7 heteroatoms. The number of rotatable bonds is 2. The third kappa shape index (κ3) is 2.77. The number of benzene rings is 1. The van der Waals surface area contributed by atoms with Gasteiger partial charge >= 0.3 is 0 Å². The molecule has 3 N–H and O–H groups in total. The molecule has 1 aromatic carbocycles. The zero-order valence-corrected chi connectivity index (χ0v) is 19.4. The number of hydrogen-bond donors (Lipinski definition) is 3. The van der Waals surface area contributed by atoms with Crippen LogP contribution >= 0.6 is 0 Å². The molecule has 0 aromatic heterocycles. The smallest absolute Gasteiger partial charge is 0.205 e. The lowest BCUT2D eigenvalue weighted by atomic mass is 9.51. The number of hydrogen-bond acceptors (Lipinski definition) is 7. The number of ketones is 4. The van der Waals surface area contributed by atoms with Crippen LogP contribution in [0.25, 0.3) is 5.57 Å². The first kappa shape index (κ1) is 22.9. The molecule has 0 bridgehead atoms. The van der Waals surface area contributed by atoms with E-state index >= 15 is 0 Å². The molecule has 7 nitrogen and oxygen atoms in total. The first-order valence-corrected chi connectivity index (χ1v) is 11.8. The maximum atomic E-state index is 13.7. The molecule has 178 valence electrons. The molecule has 0 amide bonds. The van der Waals surface area contributed by atoms with E-state index in [0.717, 1.165) is 24.8 Å². The Morgan fingerprint density at radius 1 is 1.18 bits per heavy atom. The van der Waals surface area contributed by atoms with Gasteiger partial charge in [-0.05, 0) is 56.6 Å². The van der Waals surface area contributed by atoms with E-state index < -0.39 is 58.5 Å². The van der Waals surface area contributed by atoms with E-state index in [1.807, 2.05) is 6.08 Å². The van der Waals surface area contributed by atoms with Gasteiger partial charge < -0.3 is 15.3 Å². The van der Waals surface area contributed by atoms with Crippen LogP contribution in [0.15, 0.2) is 29.4 Å². The summed E-state index contributed by atoms with van der Waals surface area (Å²) in [5.74, 6) is -7.48. The molecule has 0 aliphatic heterocycles. The van der Waals surface area contributed by atoms with Gasteiger partial charge in [0.2, 0.25) is 5.78 Å². The first-order valence-electron chi connectivity index (χ1n) is 11.8. The largest absolute Gasteiger partial charge is 0.507 e. The predicted molar refractivity (Wildman–Crippen MR) is 122 cm³/mol. The SMILES string of the molecule is CC(=O)C1=C(C)CC2C(O)C3C(C(=O)c4c(ccc(C5=CCCC5)c4O)C3C)C(=O)C2(O)C1=O. The number of aliphatic hydroxyl groups excluding tert-OH is 1. The summed E-state index contributed by atoms with van der Waals surface area (Å²) in [6, 6.07) is 3.55. The van der Waals surface area contributed by atoms with Crippen molar-refractivity contribution in [1.29, 1.82) is 0 Å². The number of aromatic hydroxyl groups is 1. The summed E-state index contributed by atoms with van der Waals surface area (Å²) >= 11 is 0. The predicted octanol–water partition coefficient (Wildman–Crippen LogP) is 2.66. The van der Waals surface area contributed by atoms with Crippen molar-refractivity contribution in [1.82, 2.24) is 0 Å². The van der Waals surface area contributed by atoms with Crippen molar-refractivity contribution < 1.29 is 34.5 Å². The van der Waals surface area contributed by atoms with Crippen LogP contribution in [0.5, 0.6) is 5.75 Å². The number of allylic oxidation sites excluding steroid dienone is 3. The molecule has 4 aliphatic carbocycles. The molecule has 34 heavy (non-hydrogen) atoms. The molecule has 1 saturated carbocycles. The van der Waals surface area contributed by atoms with Gasteiger partial charge in [-0.1, -0.05) is 30.7 Å². The number of aliphatic hydroxyl groups is 2. The lowest BCUT2D eigenvalue weighted by molar-refractivity contribution is -0.179. The van der Waals surface area contributed by atoms with E-state index in [-0.39, 0.29) is 23.3 Å². The fourth-order valence-corrected chi connectivity index (χ4v) is 6.79. The Morgan fingerprint density at radius 2 is 1.88 bits per heavy atom. The first-order chi connectivity index (χ1) is 16.0. The summed E-state index contributed by atoms with van der Waals surface area (Å²) in [6.45, 7) is 4.56. The van der Waals surface area contributed by atoms with E-state index in [1.54, 1.807) is 26.0 Å². The zero-order chi connectivity index (χ0) is 24.7. The standard InChI is InChI=1S/C27H28O7/c1-11-10-17-23(30)19-12(2)15-8-9-16(14-6-4-5-7-14)22(29)20(15)24(31)21(19)26(33)27(17,34)25(32)18(11)13(3)28/h6,8-9,12,17,19,21,23,29-30,34H,4-5,7,10H2,1-3H3. The topological polar surface area (TPSA) is 129 Å².